The largest absolute Gasteiger partial charge is 0.369 e. The van der Waals surface area contributed by atoms with E-state index < -0.39 is 11.8 Å². The van der Waals surface area contributed by atoms with Crippen LogP contribution in [0.15, 0.2) is 24.3 Å². The van der Waals surface area contributed by atoms with Crippen LogP contribution in [0.2, 0.25) is 0 Å². The van der Waals surface area contributed by atoms with Crippen molar-refractivity contribution >= 4 is 22.7 Å². The molecule has 0 aliphatic carbocycles. The quantitative estimate of drug-likeness (QED) is 0.859. The molecule has 122 valence electrons. The summed E-state index contributed by atoms with van der Waals surface area (Å²) in [5.74, 6) is -1.35. The van der Waals surface area contributed by atoms with Gasteiger partial charge in [0.2, 0.25) is 5.91 Å². The van der Waals surface area contributed by atoms with Crippen LogP contribution in [0.1, 0.15) is 10.5 Å². The lowest BCUT2D eigenvalue weighted by molar-refractivity contribution is -0.122. The summed E-state index contributed by atoms with van der Waals surface area (Å²) in [6.45, 7) is 2.02. The average Bonchev–Trinajstić information content (AvgIpc) is 2.81. The van der Waals surface area contributed by atoms with Crippen molar-refractivity contribution in [1.82, 2.24) is 14.8 Å². The van der Waals surface area contributed by atoms with Gasteiger partial charge in [-0.3, -0.25) is 9.59 Å². The van der Waals surface area contributed by atoms with Gasteiger partial charge in [-0.15, -0.1) is 0 Å². The molecule has 0 saturated carbocycles. The van der Waals surface area contributed by atoms with Crippen LogP contribution in [-0.4, -0.2) is 59.8 Å². The molecule has 1 unspecified atom stereocenters. The van der Waals surface area contributed by atoms with Gasteiger partial charge in [-0.2, -0.15) is 0 Å². The maximum absolute atomic E-state index is 13.3. The summed E-state index contributed by atoms with van der Waals surface area (Å²) >= 11 is 0. The van der Waals surface area contributed by atoms with Crippen LogP contribution in [0.3, 0.4) is 0 Å². The first kappa shape index (κ1) is 15.5. The number of hydrogen-bond acceptors (Lipinski definition) is 3. The molecule has 2 heterocycles. The number of carbonyl (C=O) groups is 2. The molecule has 2 aromatic rings. The molecule has 23 heavy (non-hydrogen) atoms. The van der Waals surface area contributed by atoms with Crippen molar-refractivity contribution < 1.29 is 14.0 Å². The van der Waals surface area contributed by atoms with Gasteiger partial charge >= 0.3 is 0 Å². The fourth-order valence-electron chi connectivity index (χ4n) is 2.93. The second-order valence-corrected chi connectivity index (χ2v) is 6.03. The minimum atomic E-state index is -0.407. The van der Waals surface area contributed by atoms with Crippen molar-refractivity contribution in [3.05, 3.63) is 35.8 Å². The molecule has 3 rings (SSSR count). The van der Waals surface area contributed by atoms with Crippen LogP contribution in [-0.2, 0) is 4.79 Å². The summed E-state index contributed by atoms with van der Waals surface area (Å²) in [7, 11) is 1.90. The number of nitrogens with zero attached hydrogens (tertiary/aromatic N) is 2. The Morgan fingerprint density at radius 3 is 2.78 bits per heavy atom. The standard InChI is InChI=1S/C16H19FN4O2/c1-20-4-5-21(9-11(8-20)15(18)22)16(23)14-7-10-6-12(17)2-3-13(10)19-14/h2-3,6-7,11,19H,4-5,8-9H2,1H3,(H2,18,22). The molecule has 1 aromatic carbocycles. The maximum atomic E-state index is 13.3. The Labute approximate surface area is 133 Å². The monoisotopic (exact) mass is 318 g/mol. The summed E-state index contributed by atoms with van der Waals surface area (Å²) in [5.41, 5.74) is 6.51. The minimum Gasteiger partial charge on any atom is -0.369 e. The Balaban J connectivity index is 1.86. The number of rotatable bonds is 2. The van der Waals surface area contributed by atoms with Crippen LogP contribution in [0.25, 0.3) is 10.9 Å². The van der Waals surface area contributed by atoms with Crippen molar-refractivity contribution in [3.63, 3.8) is 0 Å². The van der Waals surface area contributed by atoms with E-state index in [2.05, 4.69) is 4.98 Å². The second kappa shape index (κ2) is 6.00. The topological polar surface area (TPSA) is 82.4 Å². The zero-order chi connectivity index (χ0) is 16.6. The van der Waals surface area contributed by atoms with E-state index in [1.807, 2.05) is 11.9 Å². The summed E-state index contributed by atoms with van der Waals surface area (Å²) in [5, 5.41) is 0.645. The zero-order valence-corrected chi connectivity index (χ0v) is 12.9. The Kier molecular flexibility index (Phi) is 4.04. The predicted octanol–water partition coefficient (Wildman–Crippen LogP) is 0.796. The SMILES string of the molecule is CN1CCN(C(=O)c2cc3cc(F)ccc3[nH]2)CC(C(N)=O)C1. The molecule has 1 fully saturated rings. The molecule has 3 N–H and O–H groups in total. The van der Waals surface area contributed by atoms with E-state index in [0.29, 0.717) is 42.8 Å². The number of aromatic amines is 1. The molecular formula is C16H19FN4O2. The number of halogens is 1. The number of fused-ring (bicyclic) bond motifs is 1. The number of aromatic nitrogens is 1. The Morgan fingerprint density at radius 1 is 1.26 bits per heavy atom. The first-order valence-electron chi connectivity index (χ1n) is 7.49. The van der Waals surface area contributed by atoms with Gasteiger partial charge in [0.15, 0.2) is 0 Å². The normalized spacial score (nSPS) is 19.7. The average molecular weight is 318 g/mol. The number of amides is 2. The number of nitrogens with two attached hydrogens (primary N) is 1. The Bertz CT molecular complexity index is 758. The number of carbonyl (C=O) groups excluding carboxylic acids is 2. The molecule has 2 amide bonds. The smallest absolute Gasteiger partial charge is 0.270 e. The number of hydrogen-bond donors (Lipinski definition) is 2. The number of nitrogens with one attached hydrogen (secondary N) is 1. The lowest BCUT2D eigenvalue weighted by Gasteiger charge is -2.22. The van der Waals surface area contributed by atoms with Crippen LogP contribution < -0.4 is 5.73 Å². The zero-order valence-electron chi connectivity index (χ0n) is 12.9. The third-order valence-corrected chi connectivity index (χ3v) is 4.23. The third-order valence-electron chi connectivity index (χ3n) is 4.23. The van der Waals surface area contributed by atoms with Gasteiger partial charge in [0.25, 0.3) is 5.91 Å². The highest BCUT2D eigenvalue weighted by molar-refractivity contribution is 5.98. The van der Waals surface area contributed by atoms with Gasteiger partial charge in [0.1, 0.15) is 11.5 Å². The highest BCUT2D eigenvalue weighted by Gasteiger charge is 2.28. The molecule has 1 aliphatic rings. The predicted molar refractivity (Wildman–Crippen MR) is 84.3 cm³/mol. The van der Waals surface area contributed by atoms with E-state index in [-0.39, 0.29) is 11.7 Å². The fourth-order valence-corrected chi connectivity index (χ4v) is 2.93. The van der Waals surface area contributed by atoms with E-state index >= 15 is 0 Å². The summed E-state index contributed by atoms with van der Waals surface area (Å²) in [6, 6.07) is 5.96. The summed E-state index contributed by atoms with van der Waals surface area (Å²) in [4.78, 5) is 30.9. The number of H-pyrrole nitrogens is 1. The highest BCUT2D eigenvalue weighted by atomic mass is 19.1. The van der Waals surface area contributed by atoms with Crippen molar-refractivity contribution in [2.75, 3.05) is 33.2 Å². The van der Waals surface area contributed by atoms with Crippen LogP contribution >= 0.6 is 0 Å². The first-order chi connectivity index (χ1) is 10.9. The molecule has 7 heteroatoms. The number of primary amides is 1. The summed E-state index contributed by atoms with van der Waals surface area (Å²) in [6.07, 6.45) is 0. The molecule has 0 spiro atoms. The van der Waals surface area contributed by atoms with Gasteiger partial charge < -0.3 is 20.5 Å². The molecule has 0 radical (unpaired) electrons. The molecule has 1 aromatic heterocycles. The second-order valence-electron chi connectivity index (χ2n) is 6.03. The third kappa shape index (κ3) is 3.19. The maximum Gasteiger partial charge on any atom is 0.270 e. The van der Waals surface area contributed by atoms with E-state index in [0.717, 1.165) is 0 Å². The fraction of sp³-hybridized carbons (Fsp3) is 0.375. The van der Waals surface area contributed by atoms with E-state index in [1.165, 1.54) is 12.1 Å². The van der Waals surface area contributed by atoms with Crippen LogP contribution in [0.5, 0.6) is 0 Å². The van der Waals surface area contributed by atoms with E-state index in [4.69, 9.17) is 5.73 Å². The molecule has 6 nitrogen and oxygen atoms in total. The van der Waals surface area contributed by atoms with Gasteiger partial charge in [0, 0.05) is 37.1 Å². The van der Waals surface area contributed by atoms with Crippen molar-refractivity contribution in [2.24, 2.45) is 11.7 Å². The first-order valence-corrected chi connectivity index (χ1v) is 7.49. The molecule has 1 aliphatic heterocycles. The molecule has 0 bridgehead atoms. The van der Waals surface area contributed by atoms with Gasteiger partial charge in [-0.25, -0.2) is 4.39 Å². The van der Waals surface area contributed by atoms with Crippen LogP contribution in [0.4, 0.5) is 4.39 Å². The molecule has 1 saturated heterocycles. The number of likely N-dealkylation sites (N-methyl/N-ethyl adjacent to an activating group) is 1. The van der Waals surface area contributed by atoms with E-state index in [1.54, 1.807) is 17.0 Å². The molecular weight excluding hydrogens is 299 g/mol. The summed E-state index contributed by atoms with van der Waals surface area (Å²) < 4.78 is 13.3. The number of benzene rings is 1. The van der Waals surface area contributed by atoms with Crippen molar-refractivity contribution in [3.8, 4) is 0 Å². The lowest BCUT2D eigenvalue weighted by atomic mass is 10.1. The Morgan fingerprint density at radius 2 is 2.04 bits per heavy atom. The van der Waals surface area contributed by atoms with E-state index in [9.17, 15) is 14.0 Å². The van der Waals surface area contributed by atoms with Crippen molar-refractivity contribution in [2.45, 2.75) is 0 Å². The minimum absolute atomic E-state index is 0.205. The lowest BCUT2D eigenvalue weighted by Crippen LogP contribution is -2.40. The van der Waals surface area contributed by atoms with Crippen molar-refractivity contribution in [1.29, 1.82) is 0 Å². The van der Waals surface area contributed by atoms with Gasteiger partial charge in [-0.05, 0) is 31.3 Å². The molecule has 1 atom stereocenters. The van der Waals surface area contributed by atoms with Gasteiger partial charge in [-0.1, -0.05) is 0 Å². The van der Waals surface area contributed by atoms with Crippen LogP contribution in [0, 0.1) is 11.7 Å². The highest BCUT2D eigenvalue weighted by Crippen LogP contribution is 2.19. The Hall–Kier alpha value is -2.41. The van der Waals surface area contributed by atoms with Gasteiger partial charge in [0.05, 0.1) is 5.92 Å².